The zero-order valence-electron chi connectivity index (χ0n) is 14.1. The monoisotopic (exact) mass is 351 g/mol. The number of piperazine rings is 1. The lowest BCUT2D eigenvalue weighted by molar-refractivity contribution is 0.0747. The van der Waals surface area contributed by atoms with E-state index >= 15 is 0 Å². The lowest BCUT2D eigenvalue weighted by Gasteiger charge is -2.36. The third kappa shape index (κ3) is 3.31. The number of oxazole rings is 1. The Morgan fingerprint density at radius 1 is 0.962 bits per heavy atom. The van der Waals surface area contributed by atoms with Gasteiger partial charge in [0.15, 0.2) is 12.2 Å². The topological polar surface area (TPSA) is 49.6 Å². The second-order valence-corrected chi connectivity index (χ2v) is 6.20. The second-order valence-electron chi connectivity index (χ2n) is 6.20. The molecule has 1 amide bonds. The van der Waals surface area contributed by atoms with Crippen molar-refractivity contribution in [3.63, 3.8) is 0 Å². The molecule has 0 aliphatic carbocycles. The zero-order valence-corrected chi connectivity index (χ0v) is 14.1. The van der Waals surface area contributed by atoms with E-state index in [9.17, 15) is 9.18 Å². The quantitative estimate of drug-likeness (QED) is 0.725. The van der Waals surface area contributed by atoms with Crippen LogP contribution in [0.1, 0.15) is 10.4 Å². The maximum Gasteiger partial charge on any atom is 0.253 e. The highest BCUT2D eigenvalue weighted by atomic mass is 19.1. The van der Waals surface area contributed by atoms with Crippen LogP contribution in [0.5, 0.6) is 0 Å². The first kappa shape index (κ1) is 16.3. The molecule has 1 fully saturated rings. The Hall–Kier alpha value is -3.15. The largest absolute Gasteiger partial charge is 0.444 e. The summed E-state index contributed by atoms with van der Waals surface area (Å²) < 4.78 is 18.3. The number of hydrogen-bond donors (Lipinski definition) is 0. The third-order valence-corrected chi connectivity index (χ3v) is 4.61. The molecular formula is C20H18FN3O2. The van der Waals surface area contributed by atoms with Gasteiger partial charge in [-0.2, -0.15) is 0 Å². The van der Waals surface area contributed by atoms with Crippen LogP contribution in [0.25, 0.3) is 11.3 Å². The van der Waals surface area contributed by atoms with E-state index < -0.39 is 0 Å². The molecule has 4 rings (SSSR count). The maximum absolute atomic E-state index is 13.0. The minimum atomic E-state index is -0.239. The highest BCUT2D eigenvalue weighted by Crippen LogP contribution is 2.21. The molecule has 0 saturated carbocycles. The van der Waals surface area contributed by atoms with E-state index in [2.05, 4.69) is 9.88 Å². The lowest BCUT2D eigenvalue weighted by Crippen LogP contribution is -2.48. The van der Waals surface area contributed by atoms with Gasteiger partial charge < -0.3 is 14.2 Å². The normalized spacial score (nSPS) is 14.5. The zero-order chi connectivity index (χ0) is 17.9. The summed E-state index contributed by atoms with van der Waals surface area (Å²) in [5, 5.41) is 0. The van der Waals surface area contributed by atoms with Gasteiger partial charge in [0, 0.05) is 43.0 Å². The highest BCUT2D eigenvalue weighted by Gasteiger charge is 2.22. The number of rotatable bonds is 3. The number of carbonyl (C=O) groups excluding carboxylic acids is 1. The number of amides is 1. The number of aromatic nitrogens is 1. The van der Waals surface area contributed by atoms with Crippen molar-refractivity contribution in [2.24, 2.45) is 0 Å². The molecule has 1 aromatic heterocycles. The SMILES string of the molecule is O=C(c1ccc(-c2cnco2)cc1)N1CCN(c2ccc(F)cc2)CC1. The first-order valence-electron chi connectivity index (χ1n) is 8.49. The molecule has 2 aromatic carbocycles. The first-order valence-corrected chi connectivity index (χ1v) is 8.49. The fourth-order valence-electron chi connectivity index (χ4n) is 3.14. The third-order valence-electron chi connectivity index (χ3n) is 4.61. The summed E-state index contributed by atoms with van der Waals surface area (Å²) in [5.74, 6) is 0.459. The van der Waals surface area contributed by atoms with Crippen LogP contribution in [0, 0.1) is 5.82 Å². The fraction of sp³-hybridized carbons (Fsp3) is 0.200. The summed E-state index contributed by atoms with van der Waals surface area (Å²) in [6, 6.07) is 13.8. The summed E-state index contributed by atoms with van der Waals surface area (Å²) >= 11 is 0. The van der Waals surface area contributed by atoms with Crippen LogP contribution >= 0.6 is 0 Å². The molecule has 0 atom stereocenters. The number of nitrogens with zero attached hydrogens (tertiary/aromatic N) is 3. The molecule has 132 valence electrons. The fourth-order valence-corrected chi connectivity index (χ4v) is 3.14. The first-order chi connectivity index (χ1) is 12.7. The molecule has 1 aliphatic rings. The molecule has 5 nitrogen and oxygen atoms in total. The summed E-state index contributed by atoms with van der Waals surface area (Å²) in [6.45, 7) is 2.74. The predicted octanol–water partition coefficient (Wildman–Crippen LogP) is 3.44. The summed E-state index contributed by atoms with van der Waals surface area (Å²) in [6.07, 6.45) is 3.03. The van der Waals surface area contributed by atoms with E-state index in [1.54, 1.807) is 18.3 Å². The van der Waals surface area contributed by atoms with Crippen LogP contribution in [0.4, 0.5) is 10.1 Å². The summed E-state index contributed by atoms with van der Waals surface area (Å²) in [4.78, 5) is 20.6. The van der Waals surface area contributed by atoms with Crippen molar-refractivity contribution in [3.8, 4) is 11.3 Å². The van der Waals surface area contributed by atoms with Crippen LogP contribution in [-0.4, -0.2) is 42.0 Å². The van der Waals surface area contributed by atoms with Gasteiger partial charge in [0.1, 0.15) is 5.82 Å². The molecule has 0 unspecified atom stereocenters. The van der Waals surface area contributed by atoms with Crippen LogP contribution < -0.4 is 4.90 Å². The van der Waals surface area contributed by atoms with Crippen LogP contribution in [0.15, 0.2) is 65.5 Å². The predicted molar refractivity (Wildman–Crippen MR) is 96.5 cm³/mol. The van der Waals surface area contributed by atoms with E-state index in [0.29, 0.717) is 24.4 Å². The Bertz CT molecular complexity index is 868. The second kappa shape index (κ2) is 7.00. The molecule has 0 spiro atoms. The van der Waals surface area contributed by atoms with Crippen LogP contribution in [0.3, 0.4) is 0 Å². The minimum Gasteiger partial charge on any atom is -0.444 e. The van der Waals surface area contributed by atoms with Crippen molar-refractivity contribution in [3.05, 3.63) is 72.5 Å². The smallest absolute Gasteiger partial charge is 0.253 e. The van der Waals surface area contributed by atoms with Gasteiger partial charge in [-0.1, -0.05) is 12.1 Å². The average molecular weight is 351 g/mol. The molecule has 1 aliphatic heterocycles. The van der Waals surface area contributed by atoms with Crippen molar-refractivity contribution >= 4 is 11.6 Å². The Labute approximate surface area is 150 Å². The standard InChI is InChI=1S/C20H18FN3O2/c21-17-5-7-18(8-6-17)23-9-11-24(12-10-23)20(25)16-3-1-15(2-4-16)19-13-22-14-26-19/h1-8,13-14H,9-12H2. The van der Waals surface area contributed by atoms with Gasteiger partial charge in [0.2, 0.25) is 0 Å². The summed E-state index contributed by atoms with van der Waals surface area (Å²) in [5.41, 5.74) is 2.53. The van der Waals surface area contributed by atoms with E-state index in [0.717, 1.165) is 24.3 Å². The molecule has 1 saturated heterocycles. The molecule has 0 radical (unpaired) electrons. The number of anilines is 1. The minimum absolute atomic E-state index is 0.0212. The average Bonchev–Trinajstić information content (AvgIpc) is 3.23. The van der Waals surface area contributed by atoms with E-state index in [1.807, 2.05) is 29.2 Å². The van der Waals surface area contributed by atoms with Gasteiger partial charge in [0.25, 0.3) is 5.91 Å². The number of benzene rings is 2. The van der Waals surface area contributed by atoms with Crippen molar-refractivity contribution < 1.29 is 13.6 Å². The number of hydrogen-bond acceptors (Lipinski definition) is 4. The highest BCUT2D eigenvalue weighted by molar-refractivity contribution is 5.94. The summed E-state index contributed by atoms with van der Waals surface area (Å²) in [7, 11) is 0. The molecule has 0 bridgehead atoms. The number of carbonyl (C=O) groups is 1. The van der Waals surface area contributed by atoms with Crippen molar-refractivity contribution in [1.29, 1.82) is 0 Å². The van der Waals surface area contributed by atoms with Gasteiger partial charge in [-0.15, -0.1) is 0 Å². The Balaban J connectivity index is 1.39. The lowest BCUT2D eigenvalue weighted by atomic mass is 10.1. The van der Waals surface area contributed by atoms with E-state index in [4.69, 9.17) is 4.42 Å². The van der Waals surface area contributed by atoms with Crippen molar-refractivity contribution in [2.75, 3.05) is 31.1 Å². The van der Waals surface area contributed by atoms with E-state index in [1.165, 1.54) is 18.5 Å². The van der Waals surface area contributed by atoms with Gasteiger partial charge >= 0.3 is 0 Å². The Morgan fingerprint density at radius 3 is 2.27 bits per heavy atom. The van der Waals surface area contributed by atoms with Gasteiger partial charge in [0.05, 0.1) is 6.20 Å². The molecule has 6 heteroatoms. The molecule has 3 aromatic rings. The van der Waals surface area contributed by atoms with Gasteiger partial charge in [-0.3, -0.25) is 4.79 Å². The van der Waals surface area contributed by atoms with E-state index in [-0.39, 0.29) is 11.7 Å². The molecule has 0 N–H and O–H groups in total. The van der Waals surface area contributed by atoms with Crippen molar-refractivity contribution in [1.82, 2.24) is 9.88 Å². The van der Waals surface area contributed by atoms with Gasteiger partial charge in [-0.25, -0.2) is 9.37 Å². The molecule has 26 heavy (non-hydrogen) atoms. The van der Waals surface area contributed by atoms with Crippen LogP contribution in [0.2, 0.25) is 0 Å². The maximum atomic E-state index is 13.0. The molecular weight excluding hydrogens is 333 g/mol. The Kier molecular flexibility index (Phi) is 4.39. The van der Waals surface area contributed by atoms with Crippen molar-refractivity contribution in [2.45, 2.75) is 0 Å². The van der Waals surface area contributed by atoms with Crippen LogP contribution in [-0.2, 0) is 0 Å². The number of halogens is 1. The van der Waals surface area contributed by atoms with Gasteiger partial charge in [-0.05, 0) is 36.4 Å². The molecule has 2 heterocycles. The Morgan fingerprint density at radius 2 is 1.65 bits per heavy atom.